The maximum absolute atomic E-state index is 13.0. The van der Waals surface area contributed by atoms with Gasteiger partial charge in [0.15, 0.2) is 5.75 Å². The summed E-state index contributed by atoms with van der Waals surface area (Å²) in [6, 6.07) is 22.9. The summed E-state index contributed by atoms with van der Waals surface area (Å²) in [6.07, 6.45) is 4.34. The number of pyridine rings is 1. The van der Waals surface area contributed by atoms with Gasteiger partial charge in [-0.15, -0.1) is 5.10 Å². The average molecular weight is 386 g/mol. The first-order chi connectivity index (χ1) is 14.3. The van der Waals surface area contributed by atoms with Gasteiger partial charge in [-0.05, 0) is 36.2 Å². The Kier molecular flexibility index (Phi) is 5.52. The highest BCUT2D eigenvalue weighted by molar-refractivity contribution is 5.30. The van der Waals surface area contributed by atoms with Gasteiger partial charge < -0.3 is 9.30 Å². The summed E-state index contributed by atoms with van der Waals surface area (Å²) >= 11 is 0. The highest BCUT2D eigenvalue weighted by atomic mass is 16.5. The summed E-state index contributed by atoms with van der Waals surface area (Å²) in [7, 11) is 0. The topological polar surface area (TPSA) is 61.9 Å². The molecule has 2 aromatic carbocycles. The molecule has 0 spiro atoms. The van der Waals surface area contributed by atoms with Crippen molar-refractivity contribution in [2.45, 2.75) is 26.0 Å². The Morgan fingerprint density at radius 1 is 0.966 bits per heavy atom. The Bertz CT molecular complexity index is 1120. The molecule has 0 bridgehead atoms. The minimum absolute atomic E-state index is 0.176. The van der Waals surface area contributed by atoms with Gasteiger partial charge >= 0.3 is 0 Å². The molecule has 146 valence electrons. The maximum atomic E-state index is 13.0. The summed E-state index contributed by atoms with van der Waals surface area (Å²) in [5, 5.41) is 8.55. The minimum atomic E-state index is -0.222. The van der Waals surface area contributed by atoms with E-state index in [1.54, 1.807) is 21.5 Å². The lowest BCUT2D eigenvalue weighted by atomic mass is 10.1. The van der Waals surface area contributed by atoms with Gasteiger partial charge in [0, 0.05) is 6.20 Å². The molecular weight excluding hydrogens is 364 g/mol. The van der Waals surface area contributed by atoms with E-state index in [1.807, 2.05) is 79.9 Å². The van der Waals surface area contributed by atoms with Crippen LogP contribution in [-0.4, -0.2) is 19.6 Å². The predicted molar refractivity (Wildman–Crippen MR) is 111 cm³/mol. The maximum Gasteiger partial charge on any atom is 0.293 e. The molecule has 0 aliphatic heterocycles. The first-order valence-electron chi connectivity index (χ1n) is 9.62. The summed E-state index contributed by atoms with van der Waals surface area (Å²) < 4.78 is 9.18. The third-order valence-electron chi connectivity index (χ3n) is 4.77. The number of hydrogen-bond donors (Lipinski definition) is 0. The average Bonchev–Trinajstić information content (AvgIpc) is 3.26. The first kappa shape index (κ1) is 18.7. The van der Waals surface area contributed by atoms with Crippen LogP contribution in [0.5, 0.6) is 5.75 Å². The van der Waals surface area contributed by atoms with E-state index in [4.69, 9.17) is 4.74 Å². The molecule has 2 aromatic heterocycles. The van der Waals surface area contributed by atoms with E-state index >= 15 is 0 Å². The molecule has 4 aromatic rings. The van der Waals surface area contributed by atoms with Crippen LogP contribution < -0.4 is 10.3 Å². The van der Waals surface area contributed by atoms with E-state index in [2.05, 4.69) is 10.3 Å². The summed E-state index contributed by atoms with van der Waals surface area (Å²) in [4.78, 5) is 13.0. The number of nitrogens with zero attached hydrogens (tertiary/aromatic N) is 4. The second-order valence-corrected chi connectivity index (χ2v) is 6.71. The fourth-order valence-corrected chi connectivity index (χ4v) is 3.26. The van der Waals surface area contributed by atoms with Crippen molar-refractivity contribution in [2.24, 2.45) is 0 Å². The molecule has 6 heteroatoms. The third kappa shape index (κ3) is 4.11. The van der Waals surface area contributed by atoms with Crippen molar-refractivity contribution in [2.75, 3.05) is 0 Å². The number of rotatable bonds is 7. The Morgan fingerprint density at radius 3 is 2.41 bits per heavy atom. The Labute approximate surface area is 169 Å². The Morgan fingerprint density at radius 2 is 1.69 bits per heavy atom. The van der Waals surface area contributed by atoms with E-state index in [0.29, 0.717) is 18.8 Å². The summed E-state index contributed by atoms with van der Waals surface area (Å²) in [5.74, 6) is 0.324. The largest absolute Gasteiger partial charge is 0.483 e. The van der Waals surface area contributed by atoms with E-state index in [-0.39, 0.29) is 11.6 Å². The third-order valence-corrected chi connectivity index (χ3v) is 4.77. The van der Waals surface area contributed by atoms with Crippen LogP contribution in [0.1, 0.15) is 30.6 Å². The Hall–Kier alpha value is -3.67. The van der Waals surface area contributed by atoms with Gasteiger partial charge in [-0.2, -0.15) is 0 Å². The van der Waals surface area contributed by atoms with Gasteiger partial charge in [0.25, 0.3) is 5.56 Å². The first-order valence-corrected chi connectivity index (χ1v) is 9.62. The molecule has 0 saturated carbocycles. The summed E-state index contributed by atoms with van der Waals surface area (Å²) in [5.41, 5.74) is 2.50. The lowest BCUT2D eigenvalue weighted by Gasteiger charge is -2.16. The van der Waals surface area contributed by atoms with Gasteiger partial charge in [-0.1, -0.05) is 60.7 Å². The number of hydrogen-bond acceptors (Lipinski definition) is 4. The molecule has 1 unspecified atom stereocenters. The monoisotopic (exact) mass is 386 g/mol. The molecule has 0 aliphatic rings. The van der Waals surface area contributed by atoms with Gasteiger partial charge in [0.05, 0.1) is 17.9 Å². The van der Waals surface area contributed by atoms with Crippen LogP contribution >= 0.6 is 0 Å². The SMILES string of the molecule is CCC(c1cn(-c2ccccc2)nn1)n1cccc(OCc2ccccc2)c1=O. The van der Waals surface area contributed by atoms with Crippen molar-refractivity contribution in [1.29, 1.82) is 0 Å². The zero-order valence-corrected chi connectivity index (χ0v) is 16.2. The molecule has 0 saturated heterocycles. The van der Waals surface area contributed by atoms with E-state index in [1.165, 1.54) is 0 Å². The van der Waals surface area contributed by atoms with Crippen molar-refractivity contribution < 1.29 is 4.74 Å². The van der Waals surface area contributed by atoms with Crippen LogP contribution in [0.3, 0.4) is 0 Å². The highest BCUT2D eigenvalue weighted by Crippen LogP contribution is 2.20. The van der Waals surface area contributed by atoms with E-state index < -0.39 is 0 Å². The van der Waals surface area contributed by atoms with Crippen molar-refractivity contribution in [1.82, 2.24) is 19.6 Å². The molecule has 2 heterocycles. The number of benzene rings is 2. The lowest BCUT2D eigenvalue weighted by Crippen LogP contribution is -2.26. The molecule has 6 nitrogen and oxygen atoms in total. The normalized spacial score (nSPS) is 11.9. The molecule has 0 aliphatic carbocycles. The molecule has 0 N–H and O–H groups in total. The Balaban J connectivity index is 1.59. The molecule has 29 heavy (non-hydrogen) atoms. The molecule has 0 fully saturated rings. The van der Waals surface area contributed by atoms with Gasteiger partial charge in [0.1, 0.15) is 12.3 Å². The van der Waals surface area contributed by atoms with Crippen molar-refractivity contribution >= 4 is 0 Å². The quantitative estimate of drug-likeness (QED) is 0.481. The fourth-order valence-electron chi connectivity index (χ4n) is 3.26. The lowest BCUT2D eigenvalue weighted by molar-refractivity contribution is 0.297. The van der Waals surface area contributed by atoms with Crippen molar-refractivity contribution in [3.8, 4) is 11.4 Å². The number of para-hydroxylation sites is 1. The number of aromatic nitrogens is 4. The standard InChI is InChI=1S/C23H22N4O2/c1-2-21(20-16-27(25-24-20)19-12-7-4-8-13-19)26-15-9-14-22(23(26)28)29-17-18-10-5-3-6-11-18/h3-16,21H,2,17H2,1H3. The van der Waals surface area contributed by atoms with Crippen molar-refractivity contribution in [3.63, 3.8) is 0 Å². The van der Waals surface area contributed by atoms with Gasteiger partial charge in [0.2, 0.25) is 0 Å². The molecule has 0 radical (unpaired) electrons. The zero-order valence-electron chi connectivity index (χ0n) is 16.2. The molecule has 4 rings (SSSR count). The zero-order chi connectivity index (χ0) is 20.1. The smallest absolute Gasteiger partial charge is 0.293 e. The molecule has 0 amide bonds. The highest BCUT2D eigenvalue weighted by Gasteiger charge is 2.19. The van der Waals surface area contributed by atoms with Crippen LogP contribution in [-0.2, 0) is 6.61 Å². The van der Waals surface area contributed by atoms with Crippen LogP contribution in [0.25, 0.3) is 5.69 Å². The molecule has 1 atom stereocenters. The van der Waals surface area contributed by atoms with Gasteiger partial charge in [-0.3, -0.25) is 4.79 Å². The van der Waals surface area contributed by atoms with Crippen LogP contribution in [0.15, 0.2) is 90.0 Å². The van der Waals surface area contributed by atoms with Crippen LogP contribution in [0.4, 0.5) is 0 Å². The second-order valence-electron chi connectivity index (χ2n) is 6.71. The van der Waals surface area contributed by atoms with Gasteiger partial charge in [-0.25, -0.2) is 4.68 Å². The van der Waals surface area contributed by atoms with Crippen molar-refractivity contribution in [3.05, 3.63) is 107 Å². The number of ether oxygens (including phenoxy) is 1. The summed E-state index contributed by atoms with van der Waals surface area (Å²) in [6.45, 7) is 2.37. The minimum Gasteiger partial charge on any atom is -0.483 e. The van der Waals surface area contributed by atoms with E-state index in [0.717, 1.165) is 16.9 Å². The predicted octanol–water partition coefficient (Wildman–Crippen LogP) is 4.01. The molecular formula is C23H22N4O2. The fraction of sp³-hybridized carbons (Fsp3) is 0.174. The van der Waals surface area contributed by atoms with Crippen LogP contribution in [0, 0.1) is 0 Å². The van der Waals surface area contributed by atoms with E-state index in [9.17, 15) is 4.79 Å². The second kappa shape index (κ2) is 8.56. The van der Waals surface area contributed by atoms with Crippen LogP contribution in [0.2, 0.25) is 0 Å².